The van der Waals surface area contributed by atoms with Crippen molar-refractivity contribution in [1.82, 2.24) is 0 Å². The average Bonchev–Trinajstić information content (AvgIpc) is 1.96. The summed E-state index contributed by atoms with van der Waals surface area (Å²) in [5.74, 6) is -1.96. The number of carbonyl (C=O) groups is 3. The normalized spacial score (nSPS) is 18.3. The summed E-state index contributed by atoms with van der Waals surface area (Å²) in [6.45, 7) is 0. The fourth-order valence-electron chi connectivity index (χ4n) is 0.790. The molecule has 0 aromatic rings. The highest BCUT2D eigenvalue weighted by atomic mass is 16.5. The van der Waals surface area contributed by atoms with Crippen molar-refractivity contribution < 1.29 is 19.1 Å². The molecular weight excluding hydrogens is 148 g/mol. The summed E-state index contributed by atoms with van der Waals surface area (Å²) in [4.78, 5) is 32.1. The number of ketones is 3. The van der Waals surface area contributed by atoms with Crippen LogP contribution in [0.25, 0.3) is 0 Å². The third kappa shape index (κ3) is 1.34. The molecule has 11 heavy (non-hydrogen) atoms. The van der Waals surface area contributed by atoms with Crippen LogP contribution in [0.2, 0.25) is 0 Å². The molecule has 1 rings (SSSR count). The fraction of sp³-hybridized carbons (Fsp3) is 0.286. The van der Waals surface area contributed by atoms with Crippen LogP contribution in [-0.4, -0.2) is 24.5 Å². The minimum Gasteiger partial charge on any atom is -0.492 e. The number of carbonyl (C=O) groups excluding carboxylic acids is 3. The summed E-state index contributed by atoms with van der Waals surface area (Å²) in [6, 6.07) is 0. The second-order valence-corrected chi connectivity index (χ2v) is 2.11. The topological polar surface area (TPSA) is 60.4 Å². The Morgan fingerprint density at radius 1 is 1.36 bits per heavy atom. The molecule has 0 saturated heterocycles. The quantitative estimate of drug-likeness (QED) is 0.382. The van der Waals surface area contributed by atoms with Crippen LogP contribution in [0.5, 0.6) is 0 Å². The molecule has 1 aliphatic rings. The summed E-state index contributed by atoms with van der Waals surface area (Å²) < 4.78 is 4.51. The lowest BCUT2D eigenvalue weighted by atomic mass is 10.0. The fourth-order valence-corrected chi connectivity index (χ4v) is 0.790. The van der Waals surface area contributed by atoms with Gasteiger partial charge in [-0.05, 0) is 0 Å². The van der Waals surface area contributed by atoms with Crippen LogP contribution < -0.4 is 0 Å². The molecule has 4 nitrogen and oxygen atoms in total. The van der Waals surface area contributed by atoms with Crippen molar-refractivity contribution in [1.29, 1.82) is 0 Å². The maximum atomic E-state index is 10.8. The van der Waals surface area contributed by atoms with E-state index < -0.39 is 11.6 Å². The first-order valence-electron chi connectivity index (χ1n) is 3.01. The maximum Gasteiger partial charge on any atom is 0.263 e. The zero-order valence-electron chi connectivity index (χ0n) is 5.92. The molecule has 1 aliphatic carbocycles. The first-order chi connectivity index (χ1) is 5.15. The van der Waals surface area contributed by atoms with Crippen LogP contribution >= 0.6 is 0 Å². The zero-order valence-corrected chi connectivity index (χ0v) is 5.92. The molecule has 4 heteroatoms. The van der Waals surface area contributed by atoms with Gasteiger partial charge >= 0.3 is 0 Å². The van der Waals surface area contributed by atoms with E-state index in [0.717, 1.165) is 6.08 Å². The molecule has 58 valence electrons. The molecule has 0 atom stereocenters. The van der Waals surface area contributed by atoms with Gasteiger partial charge in [-0.1, -0.05) is 0 Å². The van der Waals surface area contributed by atoms with E-state index in [0.29, 0.717) is 0 Å². The lowest BCUT2D eigenvalue weighted by molar-refractivity contribution is -0.139. The highest BCUT2D eigenvalue weighted by Crippen LogP contribution is 2.08. The molecular formula is C7H6O4. The van der Waals surface area contributed by atoms with Gasteiger partial charge in [0.2, 0.25) is 5.78 Å². The Morgan fingerprint density at radius 2 is 2.00 bits per heavy atom. The molecule has 0 aromatic heterocycles. The molecule has 0 saturated carbocycles. The Labute approximate surface area is 62.8 Å². The summed E-state index contributed by atoms with van der Waals surface area (Å²) in [6.07, 6.45) is 0.718. The predicted octanol–water partition coefficient (Wildman–Crippen LogP) is -0.372. The van der Waals surface area contributed by atoms with Gasteiger partial charge in [-0.15, -0.1) is 0 Å². The minimum atomic E-state index is -0.716. The van der Waals surface area contributed by atoms with Crippen molar-refractivity contribution in [3.8, 4) is 0 Å². The molecule has 0 radical (unpaired) electrons. The van der Waals surface area contributed by atoms with Crippen LogP contribution in [0.4, 0.5) is 0 Å². The Balaban J connectivity index is 2.99. The van der Waals surface area contributed by atoms with Crippen molar-refractivity contribution in [3.05, 3.63) is 11.8 Å². The van der Waals surface area contributed by atoms with Gasteiger partial charge in [0.25, 0.3) is 5.78 Å². The number of ether oxygens (including phenoxy) is 1. The van der Waals surface area contributed by atoms with E-state index in [-0.39, 0.29) is 18.0 Å². The van der Waals surface area contributed by atoms with Gasteiger partial charge in [0.15, 0.2) is 11.5 Å². The van der Waals surface area contributed by atoms with Crippen molar-refractivity contribution in [2.24, 2.45) is 0 Å². The highest BCUT2D eigenvalue weighted by molar-refractivity contribution is 6.48. The molecule has 0 unspecified atom stereocenters. The molecule has 0 spiro atoms. The predicted molar refractivity (Wildman–Crippen MR) is 34.7 cm³/mol. The van der Waals surface area contributed by atoms with Crippen molar-refractivity contribution in [3.63, 3.8) is 0 Å². The minimum absolute atomic E-state index is 0.161. The van der Waals surface area contributed by atoms with E-state index in [1.54, 1.807) is 0 Å². The van der Waals surface area contributed by atoms with Crippen molar-refractivity contribution in [2.45, 2.75) is 6.42 Å². The maximum absolute atomic E-state index is 10.8. The van der Waals surface area contributed by atoms with Gasteiger partial charge in [-0.3, -0.25) is 14.4 Å². The number of Topliss-reactive ketones (excluding diaryl/α,β-unsaturated/α-hetero) is 2. The van der Waals surface area contributed by atoms with Gasteiger partial charge < -0.3 is 4.74 Å². The summed E-state index contributed by atoms with van der Waals surface area (Å²) in [7, 11) is 1.25. The lowest BCUT2D eigenvalue weighted by Crippen LogP contribution is -2.25. The van der Waals surface area contributed by atoms with Gasteiger partial charge in [-0.25, -0.2) is 0 Å². The summed E-state index contributed by atoms with van der Waals surface area (Å²) in [5.41, 5.74) is 0. The molecule has 0 fully saturated rings. The third-order valence-electron chi connectivity index (χ3n) is 1.32. The van der Waals surface area contributed by atoms with Crippen LogP contribution in [0.1, 0.15) is 6.42 Å². The van der Waals surface area contributed by atoms with Crippen molar-refractivity contribution in [2.75, 3.05) is 7.11 Å². The van der Waals surface area contributed by atoms with Gasteiger partial charge in [0, 0.05) is 6.08 Å². The van der Waals surface area contributed by atoms with E-state index in [2.05, 4.69) is 4.74 Å². The molecule has 0 N–H and O–H groups in total. The number of allylic oxidation sites excluding steroid dienone is 2. The Kier molecular flexibility index (Phi) is 1.85. The molecule has 0 aromatic carbocycles. The second kappa shape index (κ2) is 2.65. The van der Waals surface area contributed by atoms with Gasteiger partial charge in [0.05, 0.1) is 13.5 Å². The van der Waals surface area contributed by atoms with Gasteiger partial charge in [-0.2, -0.15) is 0 Å². The van der Waals surface area contributed by atoms with Crippen molar-refractivity contribution >= 4 is 17.3 Å². The third-order valence-corrected chi connectivity index (χ3v) is 1.32. The average molecular weight is 154 g/mol. The first kappa shape index (κ1) is 7.65. The number of methoxy groups -OCH3 is 1. The van der Waals surface area contributed by atoms with E-state index >= 15 is 0 Å². The first-order valence-corrected chi connectivity index (χ1v) is 3.01. The Morgan fingerprint density at radius 3 is 2.55 bits per heavy atom. The second-order valence-electron chi connectivity index (χ2n) is 2.11. The summed E-state index contributed by atoms with van der Waals surface area (Å²) in [5, 5.41) is 0. The number of hydrogen-bond donors (Lipinski definition) is 0. The largest absolute Gasteiger partial charge is 0.492 e. The zero-order chi connectivity index (χ0) is 8.43. The monoisotopic (exact) mass is 154 g/mol. The number of hydrogen-bond acceptors (Lipinski definition) is 4. The van der Waals surface area contributed by atoms with E-state index in [4.69, 9.17) is 0 Å². The molecule has 0 amide bonds. The molecule has 0 heterocycles. The van der Waals surface area contributed by atoms with E-state index in [1.807, 2.05) is 0 Å². The van der Waals surface area contributed by atoms with Gasteiger partial charge in [0.1, 0.15) is 0 Å². The van der Waals surface area contributed by atoms with E-state index in [1.165, 1.54) is 7.11 Å². The lowest BCUT2D eigenvalue weighted by Gasteiger charge is -2.07. The standard InChI is InChI=1S/C7H6O4/c1-11-6-3-4(8)2-5(9)7(6)10/h3H,2H2,1H3. The van der Waals surface area contributed by atoms with Crippen LogP contribution in [-0.2, 0) is 19.1 Å². The Hall–Kier alpha value is -1.45. The smallest absolute Gasteiger partial charge is 0.263 e. The van der Waals surface area contributed by atoms with Crippen LogP contribution in [0.15, 0.2) is 11.8 Å². The number of rotatable bonds is 1. The van der Waals surface area contributed by atoms with Crippen LogP contribution in [0, 0.1) is 0 Å². The summed E-state index contributed by atoms with van der Waals surface area (Å²) >= 11 is 0. The van der Waals surface area contributed by atoms with Crippen LogP contribution in [0.3, 0.4) is 0 Å². The Bertz CT molecular complexity index is 262. The van der Waals surface area contributed by atoms with E-state index in [9.17, 15) is 14.4 Å². The highest BCUT2D eigenvalue weighted by Gasteiger charge is 2.27. The molecule has 0 aliphatic heterocycles. The SMILES string of the molecule is COC1=CC(=O)CC(=O)C1=O. The molecule has 0 bridgehead atoms.